The van der Waals surface area contributed by atoms with Crippen molar-refractivity contribution in [3.05, 3.63) is 63.9 Å². The topological polar surface area (TPSA) is 32.3 Å². The van der Waals surface area contributed by atoms with Crippen LogP contribution >= 0.6 is 15.9 Å². The molecule has 23 heavy (non-hydrogen) atoms. The number of benzene rings is 2. The van der Waals surface area contributed by atoms with Crippen molar-refractivity contribution < 1.29 is 9.18 Å². The molecule has 1 heterocycles. The number of carbonyl (C=O) groups excluding carboxylic acids is 1. The largest absolute Gasteiger partial charge is 0.322 e. The summed E-state index contributed by atoms with van der Waals surface area (Å²) in [7, 11) is 0. The number of hydrogen-bond acceptors (Lipinski definition) is 1. The molecule has 3 rings (SSSR count). The number of hydrogen-bond donors (Lipinski definition) is 1. The summed E-state index contributed by atoms with van der Waals surface area (Å²) in [6.45, 7) is 2.72. The second-order valence-corrected chi connectivity index (χ2v) is 6.74. The molecule has 2 aromatic rings. The van der Waals surface area contributed by atoms with Crippen molar-refractivity contribution in [3.63, 3.8) is 0 Å². The Labute approximate surface area is 143 Å². The number of anilines is 1. The van der Waals surface area contributed by atoms with Gasteiger partial charge in [0.15, 0.2) is 0 Å². The first-order chi connectivity index (χ1) is 11.0. The molecule has 1 N–H and O–H groups in total. The first kappa shape index (κ1) is 16.0. The number of halogens is 2. The molecule has 0 radical (unpaired) electrons. The molecule has 1 atom stereocenters. The van der Waals surface area contributed by atoms with Gasteiger partial charge in [0.05, 0.1) is 11.7 Å². The highest BCUT2D eigenvalue weighted by Gasteiger charge is 2.30. The number of nitrogens with zero attached hydrogens (tertiary/aromatic N) is 1. The molecule has 2 amide bonds. The molecular weight excluding hydrogens is 359 g/mol. The van der Waals surface area contributed by atoms with Crippen molar-refractivity contribution >= 4 is 27.6 Å². The average molecular weight is 377 g/mol. The van der Waals surface area contributed by atoms with E-state index in [-0.39, 0.29) is 17.8 Å². The normalized spacial score (nSPS) is 17.3. The van der Waals surface area contributed by atoms with E-state index in [0.29, 0.717) is 11.0 Å². The molecule has 1 fully saturated rings. The summed E-state index contributed by atoms with van der Waals surface area (Å²) in [6.07, 6.45) is 1.88. The van der Waals surface area contributed by atoms with Gasteiger partial charge in [0, 0.05) is 11.0 Å². The second kappa shape index (κ2) is 6.71. The zero-order valence-electron chi connectivity index (χ0n) is 12.9. The summed E-state index contributed by atoms with van der Waals surface area (Å²) in [5.41, 5.74) is 2.51. The Kier molecular flexibility index (Phi) is 4.66. The SMILES string of the molecule is Cc1cccc(C2CCCN2C(=O)Nc2ccc(Br)cc2F)c1. The molecule has 0 bridgehead atoms. The molecule has 0 aliphatic carbocycles. The number of amides is 2. The van der Waals surface area contributed by atoms with Crippen LogP contribution in [0.25, 0.3) is 0 Å². The van der Waals surface area contributed by atoms with Gasteiger partial charge < -0.3 is 10.2 Å². The minimum absolute atomic E-state index is 0.0495. The van der Waals surface area contributed by atoms with E-state index in [2.05, 4.69) is 27.3 Å². The van der Waals surface area contributed by atoms with E-state index < -0.39 is 5.82 Å². The van der Waals surface area contributed by atoms with Crippen LogP contribution in [0.15, 0.2) is 46.9 Å². The van der Waals surface area contributed by atoms with Gasteiger partial charge in [-0.25, -0.2) is 9.18 Å². The Hall–Kier alpha value is -1.88. The molecule has 1 aliphatic rings. The fraction of sp³-hybridized carbons (Fsp3) is 0.278. The molecule has 120 valence electrons. The highest BCUT2D eigenvalue weighted by Crippen LogP contribution is 2.33. The number of urea groups is 1. The lowest BCUT2D eigenvalue weighted by Gasteiger charge is -2.25. The van der Waals surface area contributed by atoms with E-state index in [0.717, 1.165) is 18.4 Å². The summed E-state index contributed by atoms with van der Waals surface area (Å²) >= 11 is 3.21. The summed E-state index contributed by atoms with van der Waals surface area (Å²) in [4.78, 5) is 14.3. The first-order valence-electron chi connectivity index (χ1n) is 7.64. The van der Waals surface area contributed by atoms with Crippen molar-refractivity contribution in [2.45, 2.75) is 25.8 Å². The van der Waals surface area contributed by atoms with Gasteiger partial charge in [0.1, 0.15) is 5.82 Å². The molecule has 2 aromatic carbocycles. The Morgan fingerprint density at radius 2 is 2.13 bits per heavy atom. The van der Waals surface area contributed by atoms with E-state index in [9.17, 15) is 9.18 Å². The van der Waals surface area contributed by atoms with Gasteiger partial charge in [-0.05, 0) is 43.5 Å². The van der Waals surface area contributed by atoms with Gasteiger partial charge in [-0.3, -0.25) is 0 Å². The third kappa shape index (κ3) is 3.55. The highest BCUT2D eigenvalue weighted by atomic mass is 79.9. The number of aryl methyl sites for hydroxylation is 1. The van der Waals surface area contributed by atoms with Gasteiger partial charge in [0.2, 0.25) is 0 Å². The van der Waals surface area contributed by atoms with Crippen LogP contribution in [0, 0.1) is 12.7 Å². The van der Waals surface area contributed by atoms with Crippen LogP contribution in [0.4, 0.5) is 14.9 Å². The van der Waals surface area contributed by atoms with Gasteiger partial charge in [-0.2, -0.15) is 0 Å². The Morgan fingerprint density at radius 3 is 2.87 bits per heavy atom. The summed E-state index contributed by atoms with van der Waals surface area (Å²) in [5.74, 6) is -0.445. The Balaban J connectivity index is 1.78. The van der Waals surface area contributed by atoms with E-state index >= 15 is 0 Å². The molecule has 1 aliphatic heterocycles. The van der Waals surface area contributed by atoms with Crippen molar-refractivity contribution in [1.82, 2.24) is 4.90 Å². The van der Waals surface area contributed by atoms with Crippen LogP contribution in [-0.4, -0.2) is 17.5 Å². The van der Waals surface area contributed by atoms with Crippen LogP contribution in [-0.2, 0) is 0 Å². The third-order valence-corrected chi connectivity index (χ3v) is 4.61. The average Bonchev–Trinajstić information content (AvgIpc) is 2.99. The minimum Gasteiger partial charge on any atom is -0.317 e. The van der Waals surface area contributed by atoms with Crippen molar-refractivity contribution in [2.75, 3.05) is 11.9 Å². The third-order valence-electron chi connectivity index (χ3n) is 4.11. The van der Waals surface area contributed by atoms with Crippen molar-refractivity contribution in [3.8, 4) is 0 Å². The van der Waals surface area contributed by atoms with E-state index in [4.69, 9.17) is 0 Å². The highest BCUT2D eigenvalue weighted by molar-refractivity contribution is 9.10. The Bertz CT molecular complexity index is 735. The quantitative estimate of drug-likeness (QED) is 0.760. The standard InChI is InChI=1S/C18H18BrFN2O/c1-12-4-2-5-13(10-12)17-6-3-9-22(17)18(23)21-16-8-7-14(19)11-15(16)20/h2,4-5,7-8,10-11,17H,3,6,9H2,1H3,(H,21,23). The fourth-order valence-corrected chi connectivity index (χ4v) is 3.34. The summed E-state index contributed by atoms with van der Waals surface area (Å²) in [6, 6.07) is 12.6. The lowest BCUT2D eigenvalue weighted by atomic mass is 10.0. The molecule has 0 spiro atoms. The van der Waals surface area contributed by atoms with Gasteiger partial charge in [0.25, 0.3) is 0 Å². The maximum Gasteiger partial charge on any atom is 0.322 e. The zero-order valence-corrected chi connectivity index (χ0v) is 14.4. The number of likely N-dealkylation sites (tertiary alicyclic amines) is 1. The molecule has 0 aromatic heterocycles. The van der Waals surface area contributed by atoms with Gasteiger partial charge in [-0.1, -0.05) is 45.8 Å². The van der Waals surface area contributed by atoms with Crippen molar-refractivity contribution in [2.24, 2.45) is 0 Å². The number of rotatable bonds is 2. The molecule has 3 nitrogen and oxygen atoms in total. The van der Waals surface area contributed by atoms with E-state index in [1.165, 1.54) is 11.6 Å². The maximum atomic E-state index is 13.9. The number of nitrogens with one attached hydrogen (secondary N) is 1. The van der Waals surface area contributed by atoms with Crippen molar-refractivity contribution in [1.29, 1.82) is 0 Å². The molecular formula is C18H18BrFN2O. The zero-order chi connectivity index (χ0) is 16.4. The van der Waals surface area contributed by atoms with Gasteiger partial charge >= 0.3 is 6.03 Å². The lowest BCUT2D eigenvalue weighted by Crippen LogP contribution is -2.34. The van der Waals surface area contributed by atoms with Crippen LogP contribution in [0.2, 0.25) is 0 Å². The number of carbonyl (C=O) groups is 1. The van der Waals surface area contributed by atoms with E-state index in [1.54, 1.807) is 17.0 Å². The predicted octanol–water partition coefficient (Wildman–Crippen LogP) is 5.27. The molecule has 0 saturated carbocycles. The smallest absolute Gasteiger partial charge is 0.317 e. The van der Waals surface area contributed by atoms with Crippen LogP contribution in [0.3, 0.4) is 0 Å². The summed E-state index contributed by atoms with van der Waals surface area (Å²) < 4.78 is 14.6. The monoisotopic (exact) mass is 376 g/mol. The predicted molar refractivity (Wildman–Crippen MR) is 93.0 cm³/mol. The second-order valence-electron chi connectivity index (χ2n) is 5.82. The van der Waals surface area contributed by atoms with Crippen LogP contribution < -0.4 is 5.32 Å². The first-order valence-corrected chi connectivity index (χ1v) is 8.43. The molecule has 5 heteroatoms. The van der Waals surface area contributed by atoms with E-state index in [1.807, 2.05) is 25.1 Å². The maximum absolute atomic E-state index is 13.9. The Morgan fingerprint density at radius 1 is 1.30 bits per heavy atom. The fourth-order valence-electron chi connectivity index (χ4n) is 3.01. The van der Waals surface area contributed by atoms with Crippen LogP contribution in [0.5, 0.6) is 0 Å². The van der Waals surface area contributed by atoms with Gasteiger partial charge in [-0.15, -0.1) is 0 Å². The molecule has 1 saturated heterocycles. The summed E-state index contributed by atoms with van der Waals surface area (Å²) in [5, 5.41) is 2.68. The molecule has 1 unspecified atom stereocenters. The lowest BCUT2D eigenvalue weighted by molar-refractivity contribution is 0.207. The van der Waals surface area contributed by atoms with Crippen LogP contribution in [0.1, 0.15) is 30.0 Å². The minimum atomic E-state index is -0.445.